The van der Waals surface area contributed by atoms with Gasteiger partial charge in [-0.2, -0.15) is 13.2 Å². The summed E-state index contributed by atoms with van der Waals surface area (Å²) in [6, 6.07) is 9.99. The number of rotatable bonds is 3. The molecular weight excluding hydrogens is 269 g/mol. The molecule has 0 fully saturated rings. The molecule has 0 radical (unpaired) electrons. The minimum Gasteiger partial charge on any atom is -0.496 e. The second-order valence-electron chi connectivity index (χ2n) is 4.27. The average Bonchev–Trinajstić information content (AvgIpc) is 2.45. The van der Waals surface area contributed by atoms with Crippen LogP contribution in [0.3, 0.4) is 0 Å². The maximum absolute atomic E-state index is 12.8. The second kappa shape index (κ2) is 5.54. The van der Waals surface area contributed by atoms with Gasteiger partial charge in [0, 0.05) is 5.56 Å². The molecule has 2 aromatic rings. The summed E-state index contributed by atoms with van der Waals surface area (Å²) in [5, 5.41) is 8.98. The first-order chi connectivity index (χ1) is 9.45. The third-order valence-corrected chi connectivity index (χ3v) is 2.97. The smallest absolute Gasteiger partial charge is 0.416 e. The van der Waals surface area contributed by atoms with E-state index in [1.807, 2.05) is 0 Å². The molecular formula is C15H13F3O2. The van der Waals surface area contributed by atoms with Crippen LogP contribution in [0.25, 0.3) is 11.1 Å². The summed E-state index contributed by atoms with van der Waals surface area (Å²) in [6.45, 7) is -0.111. The zero-order chi connectivity index (χ0) is 14.8. The monoisotopic (exact) mass is 282 g/mol. The lowest BCUT2D eigenvalue weighted by atomic mass is 10.0. The third kappa shape index (κ3) is 2.93. The maximum atomic E-state index is 12.8. The zero-order valence-corrected chi connectivity index (χ0v) is 10.7. The minimum atomic E-state index is -4.40. The van der Waals surface area contributed by atoms with Crippen LogP contribution in [0.1, 0.15) is 11.1 Å². The molecule has 0 spiro atoms. The first-order valence-electron chi connectivity index (χ1n) is 5.91. The van der Waals surface area contributed by atoms with Gasteiger partial charge in [0.2, 0.25) is 0 Å². The molecule has 0 aromatic heterocycles. The summed E-state index contributed by atoms with van der Waals surface area (Å²) >= 11 is 0. The van der Waals surface area contributed by atoms with Crippen LogP contribution in [-0.4, -0.2) is 12.2 Å². The number of alkyl halides is 3. The van der Waals surface area contributed by atoms with Gasteiger partial charge in [0.1, 0.15) is 5.75 Å². The molecule has 0 bridgehead atoms. The first kappa shape index (κ1) is 14.4. The van der Waals surface area contributed by atoms with Gasteiger partial charge < -0.3 is 9.84 Å². The lowest BCUT2D eigenvalue weighted by molar-refractivity contribution is -0.137. The van der Waals surface area contributed by atoms with Gasteiger partial charge in [-0.25, -0.2) is 0 Å². The van der Waals surface area contributed by atoms with Crippen LogP contribution in [0.4, 0.5) is 13.2 Å². The highest BCUT2D eigenvalue weighted by molar-refractivity contribution is 5.71. The molecule has 5 heteroatoms. The molecule has 0 saturated heterocycles. The van der Waals surface area contributed by atoms with Crippen molar-refractivity contribution < 1.29 is 23.0 Å². The van der Waals surface area contributed by atoms with Gasteiger partial charge in [0.15, 0.2) is 0 Å². The molecule has 0 aliphatic rings. The fourth-order valence-electron chi connectivity index (χ4n) is 1.90. The number of hydrogen-bond donors (Lipinski definition) is 1. The molecule has 0 atom stereocenters. The Kier molecular flexibility index (Phi) is 3.99. The highest BCUT2D eigenvalue weighted by Crippen LogP contribution is 2.37. The van der Waals surface area contributed by atoms with E-state index in [9.17, 15) is 13.2 Å². The zero-order valence-electron chi connectivity index (χ0n) is 10.7. The standard InChI is InChI=1S/C15H13F3O2/c1-20-14-7-6-12(15(16,17)18)8-13(14)11-4-2-10(9-19)3-5-11/h2-8,19H,9H2,1H3. The molecule has 106 valence electrons. The Morgan fingerprint density at radius 3 is 2.20 bits per heavy atom. The van der Waals surface area contributed by atoms with Gasteiger partial charge in [0.05, 0.1) is 19.3 Å². The fraction of sp³-hybridized carbons (Fsp3) is 0.200. The van der Waals surface area contributed by atoms with Crippen molar-refractivity contribution in [3.63, 3.8) is 0 Å². The van der Waals surface area contributed by atoms with Crippen molar-refractivity contribution in [3.05, 3.63) is 53.6 Å². The Hall–Kier alpha value is -2.01. The normalized spacial score (nSPS) is 11.4. The Morgan fingerprint density at radius 1 is 1.05 bits per heavy atom. The van der Waals surface area contributed by atoms with Crippen molar-refractivity contribution in [2.45, 2.75) is 12.8 Å². The van der Waals surface area contributed by atoms with Crippen LogP contribution in [0.2, 0.25) is 0 Å². The van der Waals surface area contributed by atoms with E-state index in [0.717, 1.165) is 12.1 Å². The lowest BCUT2D eigenvalue weighted by Gasteiger charge is -2.13. The molecule has 2 nitrogen and oxygen atoms in total. The van der Waals surface area contributed by atoms with Gasteiger partial charge in [-0.3, -0.25) is 0 Å². The van der Waals surface area contributed by atoms with E-state index in [2.05, 4.69) is 0 Å². The summed E-state index contributed by atoms with van der Waals surface area (Å²) in [5.74, 6) is 0.370. The number of aliphatic hydroxyl groups excluding tert-OH is 1. The molecule has 0 saturated carbocycles. The van der Waals surface area contributed by atoms with Crippen molar-refractivity contribution >= 4 is 0 Å². The van der Waals surface area contributed by atoms with Gasteiger partial charge in [-0.05, 0) is 29.3 Å². The molecule has 0 aliphatic heterocycles. The molecule has 0 unspecified atom stereocenters. The molecule has 2 rings (SSSR count). The predicted molar refractivity (Wildman–Crippen MR) is 69.4 cm³/mol. The van der Waals surface area contributed by atoms with Gasteiger partial charge >= 0.3 is 6.18 Å². The van der Waals surface area contributed by atoms with E-state index < -0.39 is 11.7 Å². The predicted octanol–water partition coefficient (Wildman–Crippen LogP) is 3.87. The molecule has 2 aromatic carbocycles. The van der Waals surface area contributed by atoms with Gasteiger partial charge in [0.25, 0.3) is 0 Å². The minimum absolute atomic E-state index is 0.111. The van der Waals surface area contributed by atoms with Crippen LogP contribution in [0.5, 0.6) is 5.75 Å². The van der Waals surface area contributed by atoms with Crippen LogP contribution < -0.4 is 4.74 Å². The second-order valence-corrected chi connectivity index (χ2v) is 4.27. The Morgan fingerprint density at radius 2 is 1.70 bits per heavy atom. The van der Waals surface area contributed by atoms with E-state index in [0.29, 0.717) is 22.4 Å². The van der Waals surface area contributed by atoms with Crippen molar-refractivity contribution in [1.82, 2.24) is 0 Å². The fourth-order valence-corrected chi connectivity index (χ4v) is 1.90. The summed E-state index contributed by atoms with van der Waals surface area (Å²) in [4.78, 5) is 0. The third-order valence-electron chi connectivity index (χ3n) is 2.97. The van der Waals surface area contributed by atoms with E-state index in [-0.39, 0.29) is 6.61 Å². The largest absolute Gasteiger partial charge is 0.496 e. The van der Waals surface area contributed by atoms with Crippen molar-refractivity contribution in [3.8, 4) is 16.9 Å². The number of halogens is 3. The van der Waals surface area contributed by atoms with E-state index in [1.165, 1.54) is 13.2 Å². The molecule has 0 aliphatic carbocycles. The molecule has 1 N–H and O–H groups in total. The average molecular weight is 282 g/mol. The SMILES string of the molecule is COc1ccc(C(F)(F)F)cc1-c1ccc(CO)cc1. The van der Waals surface area contributed by atoms with Crippen LogP contribution >= 0.6 is 0 Å². The van der Waals surface area contributed by atoms with Crippen LogP contribution in [0, 0.1) is 0 Å². The van der Waals surface area contributed by atoms with Crippen LogP contribution in [-0.2, 0) is 12.8 Å². The number of ether oxygens (including phenoxy) is 1. The summed E-state index contributed by atoms with van der Waals surface area (Å²) < 4.78 is 43.4. The van der Waals surface area contributed by atoms with E-state index >= 15 is 0 Å². The Labute approximate surface area is 114 Å². The number of methoxy groups -OCH3 is 1. The van der Waals surface area contributed by atoms with Crippen molar-refractivity contribution in [2.24, 2.45) is 0 Å². The van der Waals surface area contributed by atoms with Crippen molar-refractivity contribution in [2.75, 3.05) is 7.11 Å². The number of aliphatic hydroxyl groups is 1. The van der Waals surface area contributed by atoms with Crippen molar-refractivity contribution in [1.29, 1.82) is 0 Å². The van der Waals surface area contributed by atoms with E-state index in [1.54, 1.807) is 24.3 Å². The van der Waals surface area contributed by atoms with Gasteiger partial charge in [-0.15, -0.1) is 0 Å². The summed E-state index contributed by atoms with van der Waals surface area (Å²) in [7, 11) is 1.41. The molecule has 20 heavy (non-hydrogen) atoms. The van der Waals surface area contributed by atoms with Crippen LogP contribution in [0.15, 0.2) is 42.5 Å². The lowest BCUT2D eigenvalue weighted by Crippen LogP contribution is -2.05. The Balaban J connectivity index is 2.52. The quantitative estimate of drug-likeness (QED) is 0.926. The maximum Gasteiger partial charge on any atom is 0.416 e. The highest BCUT2D eigenvalue weighted by atomic mass is 19.4. The summed E-state index contributed by atoms with van der Waals surface area (Å²) in [5.41, 5.74) is 0.941. The number of benzene rings is 2. The van der Waals surface area contributed by atoms with Gasteiger partial charge in [-0.1, -0.05) is 24.3 Å². The Bertz CT molecular complexity index is 589. The first-order valence-corrected chi connectivity index (χ1v) is 5.91. The highest BCUT2D eigenvalue weighted by Gasteiger charge is 2.31. The van der Waals surface area contributed by atoms with E-state index in [4.69, 9.17) is 9.84 Å². The number of hydrogen-bond acceptors (Lipinski definition) is 2. The summed E-state index contributed by atoms with van der Waals surface area (Å²) in [6.07, 6.45) is -4.40. The topological polar surface area (TPSA) is 29.5 Å². The molecule has 0 heterocycles. The molecule has 0 amide bonds.